The van der Waals surface area contributed by atoms with Crippen LogP contribution in [0.3, 0.4) is 0 Å². The van der Waals surface area contributed by atoms with Crippen molar-refractivity contribution in [3.05, 3.63) is 0 Å². The fraction of sp³-hybridized carbons (Fsp3) is 1.00. The number of hydrogen-bond donors (Lipinski definition) is 0. The third-order valence-electron chi connectivity index (χ3n) is 17.7. The van der Waals surface area contributed by atoms with E-state index in [1.54, 1.807) is 74.1 Å². The van der Waals surface area contributed by atoms with Crippen molar-refractivity contribution in [2.45, 2.75) is 423 Å². The van der Waals surface area contributed by atoms with E-state index in [2.05, 4.69) is 96.9 Å². The molecule has 0 aromatic rings. The van der Waals surface area contributed by atoms with Crippen LogP contribution in [0.15, 0.2) is 0 Å². The molecule has 0 radical (unpaired) electrons. The molecular weight excluding hydrogens is 1320 g/mol. The van der Waals surface area contributed by atoms with Crippen molar-refractivity contribution in [1.82, 2.24) is 0 Å². The highest BCUT2D eigenvalue weighted by atomic mass is 19.4. The molecule has 0 amide bonds. The van der Waals surface area contributed by atoms with E-state index in [1.807, 2.05) is 13.8 Å². The summed E-state index contributed by atoms with van der Waals surface area (Å²) >= 11 is 0. The standard InChI is InChI=1S/C14H26.C11H20.C7H13F3.C6H8F6.2C6H11F3.C5H9F3.C5H12.C4H7F3.2C4H10.C3H8.C2H6/c1-12-4-6-14(7-5-12)10-8-13(2,3)9-11-14;1-10-4-8-11(9-5-10)6-2-3-7-11;1-4-6(2,3)5-7(8,9)10;1-2-3-4(5(7,8)9)6(10,11)12;2*1-3-5(2)4-6(7,8)9;1-3-4(2)5(6,7)8;1-4-5(2)3;1-3(2)4(5,6)7;1-4(2)3;1-3-4-2;1-3-2;1-2/h12H,4-11H2,1-3H3;10H,2-9H2,1H3;4-5H2,1-3H3;4H,2-3H2,1H3;2*5H,3-4H2,1-2H3;4H,3H2,1-2H3;5H,4H2,1-3H3;3H,1-2H3;4H,1-3H3;3-4H2,1-2H3;3H2,1-2H3;1-2H3. The van der Waals surface area contributed by atoms with E-state index in [1.165, 1.54) is 124 Å². The molecular formula is C77H151F21. The third kappa shape index (κ3) is 81.8. The number of rotatable bonds is 11. The molecule has 606 valence electrons. The van der Waals surface area contributed by atoms with Gasteiger partial charge >= 0.3 is 43.2 Å². The van der Waals surface area contributed by atoms with Gasteiger partial charge in [-0.15, -0.1) is 0 Å². The maximum absolute atomic E-state index is 11.7. The van der Waals surface area contributed by atoms with Crippen LogP contribution >= 0.6 is 0 Å². The smallest absolute Gasteiger partial charge is 0.171 e. The topological polar surface area (TPSA) is 0 Å². The summed E-state index contributed by atoms with van der Waals surface area (Å²) in [4.78, 5) is 0. The molecule has 4 aliphatic rings. The number of unbranched alkanes of at least 4 members (excludes halogenated alkanes) is 1. The molecule has 98 heavy (non-hydrogen) atoms. The van der Waals surface area contributed by atoms with E-state index in [-0.39, 0.29) is 24.7 Å². The lowest BCUT2D eigenvalue weighted by atomic mass is 9.59. The molecule has 0 aliphatic heterocycles. The van der Waals surface area contributed by atoms with Crippen molar-refractivity contribution in [1.29, 1.82) is 0 Å². The van der Waals surface area contributed by atoms with Gasteiger partial charge in [0.25, 0.3) is 0 Å². The van der Waals surface area contributed by atoms with Crippen LogP contribution in [0.25, 0.3) is 0 Å². The Morgan fingerprint density at radius 2 is 0.653 bits per heavy atom. The highest BCUT2D eigenvalue weighted by molar-refractivity contribution is 4.92. The molecule has 3 unspecified atom stereocenters. The molecule has 4 fully saturated rings. The summed E-state index contributed by atoms with van der Waals surface area (Å²) < 4.78 is 242. The van der Waals surface area contributed by atoms with Gasteiger partial charge in [0, 0.05) is 25.2 Å². The monoisotopic (exact) mass is 1480 g/mol. The molecule has 4 saturated carbocycles. The summed E-state index contributed by atoms with van der Waals surface area (Å²) in [5.74, 6) is -2.23. The minimum absolute atomic E-state index is 0.135. The van der Waals surface area contributed by atoms with Crippen molar-refractivity contribution >= 4 is 0 Å². The van der Waals surface area contributed by atoms with Crippen molar-refractivity contribution in [3.63, 3.8) is 0 Å². The first-order valence-corrected chi connectivity index (χ1v) is 37.4. The molecule has 4 rings (SSSR count). The molecule has 21 heteroatoms. The van der Waals surface area contributed by atoms with Gasteiger partial charge in [0.1, 0.15) is 0 Å². The fourth-order valence-electron chi connectivity index (χ4n) is 9.11. The molecule has 0 saturated heterocycles. The zero-order valence-corrected chi connectivity index (χ0v) is 67.1. The van der Waals surface area contributed by atoms with Crippen LogP contribution in [-0.2, 0) is 0 Å². The van der Waals surface area contributed by atoms with Gasteiger partial charge in [-0.25, -0.2) is 0 Å². The average Bonchev–Trinajstić information content (AvgIpc) is 0.822. The minimum Gasteiger partial charge on any atom is -0.171 e. The van der Waals surface area contributed by atoms with Gasteiger partial charge in [0.05, 0.1) is 5.92 Å². The molecule has 0 nitrogen and oxygen atoms in total. The lowest BCUT2D eigenvalue weighted by Crippen LogP contribution is -2.36. The normalized spacial score (nSPS) is 17.7. The van der Waals surface area contributed by atoms with Crippen LogP contribution in [0.1, 0.15) is 380 Å². The molecule has 0 bridgehead atoms. The molecule has 3 atom stereocenters. The van der Waals surface area contributed by atoms with Gasteiger partial charge in [-0.2, -0.15) is 92.2 Å². The van der Waals surface area contributed by atoms with Crippen LogP contribution in [-0.4, -0.2) is 43.2 Å². The van der Waals surface area contributed by atoms with Crippen LogP contribution in [0, 0.1) is 74.9 Å². The van der Waals surface area contributed by atoms with Gasteiger partial charge in [0.15, 0.2) is 5.92 Å². The first-order valence-electron chi connectivity index (χ1n) is 37.4. The average molecular weight is 1480 g/mol. The van der Waals surface area contributed by atoms with E-state index in [9.17, 15) is 92.2 Å². The van der Waals surface area contributed by atoms with Gasteiger partial charge in [-0.3, -0.25) is 0 Å². The Balaban J connectivity index is -0.000000128. The Morgan fingerprint density at radius 3 is 0.786 bits per heavy atom. The second-order valence-electron chi connectivity index (χ2n) is 30.9. The van der Waals surface area contributed by atoms with E-state index in [0.29, 0.717) is 24.7 Å². The van der Waals surface area contributed by atoms with Crippen LogP contribution in [0.4, 0.5) is 92.2 Å². The van der Waals surface area contributed by atoms with Crippen molar-refractivity contribution in [3.8, 4) is 0 Å². The largest absolute Gasteiger partial charge is 0.400 e. The second-order valence-corrected chi connectivity index (χ2v) is 30.9. The summed E-state index contributed by atoms with van der Waals surface area (Å²) in [7, 11) is 0. The summed E-state index contributed by atoms with van der Waals surface area (Å²) in [5.41, 5.74) is 1.70. The third-order valence-corrected chi connectivity index (χ3v) is 17.7. The molecule has 0 N–H and O–H groups in total. The molecule has 2 spiro atoms. The van der Waals surface area contributed by atoms with Gasteiger partial charge in [-0.1, -0.05) is 284 Å². The molecule has 0 aromatic heterocycles. The molecule has 4 aliphatic carbocycles. The lowest BCUT2D eigenvalue weighted by molar-refractivity contribution is -0.285. The van der Waals surface area contributed by atoms with Crippen LogP contribution in [0.5, 0.6) is 0 Å². The van der Waals surface area contributed by atoms with Crippen molar-refractivity contribution in [2.24, 2.45) is 74.9 Å². The quantitative estimate of drug-likeness (QED) is 0.181. The molecule has 0 aromatic carbocycles. The summed E-state index contributed by atoms with van der Waals surface area (Å²) in [5, 5.41) is 0. The SMILES string of the molecule is CC.CC(C)C.CC(C)C(F)(F)F.CC1CCC2(CC1)CCC(C)(C)CC2.CC1CCC2(CCCC2)CC1.CCC.CCC(C)(C)CC(F)(F)F.CCC(C)C.CCC(C)C(F)(F)F.CCC(C)CC(F)(F)F.CCC(C)CC(F)(F)F.CCCC.CCCC(C(F)(F)F)C(F)(F)F. The highest BCUT2D eigenvalue weighted by Gasteiger charge is 2.55. The maximum Gasteiger partial charge on any atom is 0.400 e. The predicted molar refractivity (Wildman–Crippen MR) is 376 cm³/mol. The van der Waals surface area contributed by atoms with Crippen molar-refractivity contribution < 1.29 is 92.2 Å². The van der Waals surface area contributed by atoms with Gasteiger partial charge < -0.3 is 0 Å². The summed E-state index contributed by atoms with van der Waals surface area (Å²) in [6, 6.07) is 0. The van der Waals surface area contributed by atoms with E-state index >= 15 is 0 Å². The van der Waals surface area contributed by atoms with E-state index in [0.717, 1.165) is 48.3 Å². The van der Waals surface area contributed by atoms with Crippen LogP contribution < -0.4 is 0 Å². The number of halogens is 21. The van der Waals surface area contributed by atoms with Crippen LogP contribution in [0.2, 0.25) is 0 Å². The highest BCUT2D eigenvalue weighted by Crippen LogP contribution is 2.53. The fourth-order valence-corrected chi connectivity index (χ4v) is 9.11. The maximum atomic E-state index is 11.7. The Hall–Kier alpha value is -1.47. The first kappa shape index (κ1) is 115. The Kier molecular flexibility index (Phi) is 68.9. The first-order chi connectivity index (χ1) is 43.9. The van der Waals surface area contributed by atoms with E-state index in [4.69, 9.17) is 0 Å². The zero-order chi connectivity index (χ0) is 80.2. The Bertz CT molecular complexity index is 1600. The van der Waals surface area contributed by atoms with Crippen molar-refractivity contribution in [2.75, 3.05) is 0 Å². The zero-order valence-electron chi connectivity index (χ0n) is 67.1. The van der Waals surface area contributed by atoms with E-state index < -0.39 is 92.1 Å². The van der Waals surface area contributed by atoms with Gasteiger partial charge in [-0.05, 0) is 134 Å². The summed E-state index contributed by atoms with van der Waals surface area (Å²) in [6.07, 6.45) is -1.86. The number of hydrogen-bond acceptors (Lipinski definition) is 0. The Morgan fingerprint density at radius 1 is 0.378 bits per heavy atom. The Labute approximate surface area is 588 Å². The molecule has 0 heterocycles. The second kappa shape index (κ2) is 58.8. The summed E-state index contributed by atoms with van der Waals surface area (Å²) in [6.45, 7) is 53.5. The van der Waals surface area contributed by atoms with Gasteiger partial charge in [0.2, 0.25) is 0 Å². The number of alkyl halides is 21. The minimum atomic E-state index is -5.17. The lowest BCUT2D eigenvalue weighted by Gasteiger charge is -2.47. The predicted octanol–water partition coefficient (Wildman–Crippen LogP) is 34.2.